The van der Waals surface area contributed by atoms with E-state index in [-0.39, 0.29) is 30.5 Å². The Morgan fingerprint density at radius 2 is 1.89 bits per heavy atom. The van der Waals surface area contributed by atoms with Gasteiger partial charge in [-0.25, -0.2) is 4.99 Å². The fourth-order valence-electron chi connectivity index (χ4n) is 2.90. The molecule has 0 aliphatic carbocycles. The maximum absolute atomic E-state index is 10.7. The van der Waals surface area contributed by atoms with Gasteiger partial charge < -0.3 is 15.7 Å². The van der Waals surface area contributed by atoms with Crippen molar-refractivity contribution >= 4 is 29.9 Å². The van der Waals surface area contributed by atoms with Crippen molar-refractivity contribution < 1.29 is 5.11 Å². The van der Waals surface area contributed by atoms with Crippen LogP contribution in [0.25, 0.3) is 0 Å². The molecule has 1 aromatic heterocycles. The zero-order valence-electron chi connectivity index (χ0n) is 16.9. The quantitative estimate of drug-likeness (QED) is 0.320. The van der Waals surface area contributed by atoms with Gasteiger partial charge in [0.25, 0.3) is 0 Å². The van der Waals surface area contributed by atoms with E-state index in [1.54, 1.807) is 17.8 Å². The van der Waals surface area contributed by atoms with Crippen LogP contribution in [0.5, 0.6) is 0 Å². The second kappa shape index (κ2) is 10.7. The number of nitrogens with zero attached hydrogens (tertiary/aromatic N) is 3. The highest BCUT2D eigenvalue weighted by Gasteiger charge is 2.24. The Hall–Kier alpha value is -1.61. The lowest BCUT2D eigenvalue weighted by atomic mass is 10.0. The van der Waals surface area contributed by atoms with Gasteiger partial charge in [-0.3, -0.25) is 4.68 Å². The number of hydrogen-bond donors (Lipinski definition) is 3. The van der Waals surface area contributed by atoms with Gasteiger partial charge in [0.1, 0.15) is 5.60 Å². The van der Waals surface area contributed by atoms with Crippen molar-refractivity contribution in [2.45, 2.75) is 39.7 Å². The summed E-state index contributed by atoms with van der Waals surface area (Å²) in [7, 11) is 1.83. The second-order valence-corrected chi connectivity index (χ2v) is 7.04. The van der Waals surface area contributed by atoms with Crippen molar-refractivity contribution in [1.29, 1.82) is 0 Å². The Bertz CT molecular complexity index is 734. The number of benzene rings is 1. The largest absolute Gasteiger partial charge is 0.383 e. The molecule has 1 heterocycles. The number of nitrogens with one attached hydrogen (secondary N) is 2. The monoisotopic (exact) mass is 485 g/mol. The molecule has 6 nitrogen and oxygen atoms in total. The summed E-state index contributed by atoms with van der Waals surface area (Å²) < 4.78 is 1.68. The normalized spacial score (nSPS) is 13.6. The van der Waals surface area contributed by atoms with Crippen LogP contribution in [0.2, 0.25) is 0 Å². The van der Waals surface area contributed by atoms with Crippen LogP contribution in [0.15, 0.2) is 35.6 Å². The third-order valence-electron chi connectivity index (χ3n) is 4.20. The van der Waals surface area contributed by atoms with E-state index in [4.69, 9.17) is 0 Å². The zero-order chi connectivity index (χ0) is 19.2. The molecule has 0 radical (unpaired) electrons. The van der Waals surface area contributed by atoms with E-state index in [1.807, 2.05) is 20.2 Å². The van der Waals surface area contributed by atoms with Crippen molar-refractivity contribution in [1.82, 2.24) is 20.4 Å². The van der Waals surface area contributed by atoms with Crippen molar-refractivity contribution in [3.8, 4) is 0 Å². The summed E-state index contributed by atoms with van der Waals surface area (Å²) in [4.78, 5) is 4.54. The first-order valence-corrected chi connectivity index (χ1v) is 9.11. The minimum atomic E-state index is -1.05. The Kier molecular flexibility index (Phi) is 9.25. The van der Waals surface area contributed by atoms with Crippen LogP contribution >= 0.6 is 24.0 Å². The van der Waals surface area contributed by atoms with Crippen LogP contribution in [0.3, 0.4) is 0 Å². The number of aryl methyl sites for hydroxylation is 3. The van der Waals surface area contributed by atoms with Gasteiger partial charge in [0.05, 0.1) is 12.7 Å². The zero-order valence-corrected chi connectivity index (χ0v) is 19.2. The van der Waals surface area contributed by atoms with Gasteiger partial charge in [0.15, 0.2) is 5.96 Å². The molecule has 0 amide bonds. The first-order chi connectivity index (χ1) is 12.3. The number of halogens is 1. The van der Waals surface area contributed by atoms with E-state index in [9.17, 15) is 5.11 Å². The maximum atomic E-state index is 10.7. The third kappa shape index (κ3) is 7.50. The predicted molar refractivity (Wildman–Crippen MR) is 122 cm³/mol. The van der Waals surface area contributed by atoms with Crippen LogP contribution in [-0.2, 0) is 19.1 Å². The Morgan fingerprint density at radius 1 is 1.22 bits per heavy atom. The molecule has 0 aliphatic heterocycles. The fraction of sp³-hybridized carbons (Fsp3) is 0.500. The van der Waals surface area contributed by atoms with Gasteiger partial charge in [0, 0.05) is 31.9 Å². The maximum Gasteiger partial charge on any atom is 0.191 e. The summed E-state index contributed by atoms with van der Waals surface area (Å²) in [6.45, 7) is 9.84. The number of aliphatic hydroxyl groups is 1. The summed E-state index contributed by atoms with van der Waals surface area (Å²) in [5.74, 6) is 0.709. The molecule has 150 valence electrons. The number of aromatic nitrogens is 2. The van der Waals surface area contributed by atoms with Gasteiger partial charge in [-0.2, -0.15) is 5.10 Å². The molecule has 1 unspecified atom stereocenters. The number of hydrogen-bond acceptors (Lipinski definition) is 3. The minimum Gasteiger partial charge on any atom is -0.383 e. The number of guanidine groups is 1. The van der Waals surface area contributed by atoms with Crippen molar-refractivity contribution in [2.24, 2.45) is 12.0 Å². The topological polar surface area (TPSA) is 74.5 Å². The predicted octanol–water partition coefficient (Wildman–Crippen LogP) is 2.66. The smallest absolute Gasteiger partial charge is 0.191 e. The molecule has 2 aromatic rings. The molecule has 0 spiro atoms. The SMILES string of the molecule is CCNC(=NCC(C)(O)c1cnn(C)c1)NCCc1cc(C)cc(C)c1.I. The molecule has 0 saturated heterocycles. The van der Waals surface area contributed by atoms with E-state index in [0.29, 0.717) is 5.96 Å². The van der Waals surface area contributed by atoms with Crippen molar-refractivity contribution in [3.05, 3.63) is 52.8 Å². The Balaban J connectivity index is 0.00000364. The molecule has 0 aliphatic rings. The minimum absolute atomic E-state index is 0. The number of rotatable bonds is 7. The molecule has 1 aromatic carbocycles. The summed E-state index contributed by atoms with van der Waals surface area (Å²) >= 11 is 0. The fourth-order valence-corrected chi connectivity index (χ4v) is 2.90. The third-order valence-corrected chi connectivity index (χ3v) is 4.20. The average molecular weight is 485 g/mol. The van der Waals surface area contributed by atoms with Gasteiger partial charge in [-0.05, 0) is 39.7 Å². The summed E-state index contributed by atoms with van der Waals surface area (Å²) in [6, 6.07) is 6.61. The van der Waals surface area contributed by atoms with Gasteiger partial charge in [-0.15, -0.1) is 24.0 Å². The Labute approximate surface area is 179 Å². The first-order valence-electron chi connectivity index (χ1n) is 9.11. The van der Waals surface area contributed by atoms with E-state index < -0.39 is 5.60 Å². The van der Waals surface area contributed by atoms with Crippen LogP contribution < -0.4 is 10.6 Å². The standard InChI is InChI=1S/C20H31N5O.HI/c1-6-21-19(22-8-7-17-10-15(2)9-16(3)11-17)23-14-20(4,26)18-12-24-25(5)13-18;/h9-13,26H,6-8,14H2,1-5H3,(H2,21,22,23);1H. The average Bonchev–Trinajstić information content (AvgIpc) is 2.99. The highest BCUT2D eigenvalue weighted by Crippen LogP contribution is 2.19. The lowest BCUT2D eigenvalue weighted by Crippen LogP contribution is -2.39. The second-order valence-electron chi connectivity index (χ2n) is 7.04. The van der Waals surface area contributed by atoms with Crippen LogP contribution in [0.4, 0.5) is 0 Å². The van der Waals surface area contributed by atoms with Gasteiger partial charge >= 0.3 is 0 Å². The first kappa shape index (κ1) is 23.4. The molecule has 0 saturated carbocycles. The highest BCUT2D eigenvalue weighted by molar-refractivity contribution is 14.0. The molecule has 7 heteroatoms. The van der Waals surface area contributed by atoms with Crippen LogP contribution in [0.1, 0.15) is 36.1 Å². The molecule has 27 heavy (non-hydrogen) atoms. The number of aliphatic imine (C=N–C) groups is 1. The van der Waals surface area contributed by atoms with Gasteiger partial charge in [-0.1, -0.05) is 29.3 Å². The molecule has 2 rings (SSSR count). The van der Waals surface area contributed by atoms with Gasteiger partial charge in [0.2, 0.25) is 0 Å². The molecule has 0 bridgehead atoms. The van der Waals surface area contributed by atoms with Crippen molar-refractivity contribution in [3.63, 3.8) is 0 Å². The van der Waals surface area contributed by atoms with Crippen LogP contribution in [0, 0.1) is 13.8 Å². The van der Waals surface area contributed by atoms with E-state index in [2.05, 4.69) is 52.8 Å². The highest BCUT2D eigenvalue weighted by atomic mass is 127. The van der Waals surface area contributed by atoms with E-state index >= 15 is 0 Å². The Morgan fingerprint density at radius 3 is 2.44 bits per heavy atom. The van der Waals surface area contributed by atoms with Crippen molar-refractivity contribution in [2.75, 3.05) is 19.6 Å². The molecule has 3 N–H and O–H groups in total. The molecule has 1 atom stereocenters. The molecule has 0 fully saturated rings. The molecular weight excluding hydrogens is 453 g/mol. The summed E-state index contributed by atoms with van der Waals surface area (Å²) in [5, 5.41) is 21.4. The summed E-state index contributed by atoms with van der Waals surface area (Å²) in [5.41, 5.74) is 3.59. The molecular formula is C20H32IN5O. The van der Waals surface area contributed by atoms with E-state index in [1.165, 1.54) is 16.7 Å². The van der Waals surface area contributed by atoms with Crippen LogP contribution in [-0.4, -0.2) is 40.5 Å². The summed E-state index contributed by atoms with van der Waals surface area (Å²) in [6.07, 6.45) is 4.41. The lowest BCUT2D eigenvalue weighted by molar-refractivity contribution is 0.0672. The lowest BCUT2D eigenvalue weighted by Gasteiger charge is -2.20. The van der Waals surface area contributed by atoms with E-state index in [0.717, 1.165) is 25.1 Å².